The molecule has 33 heavy (non-hydrogen) atoms. The molecule has 0 radical (unpaired) electrons. The lowest BCUT2D eigenvalue weighted by atomic mass is 9.87. The molecule has 0 saturated heterocycles. The molecule has 0 atom stereocenters. The second-order valence-electron chi connectivity index (χ2n) is 9.00. The number of nitrogens with zero attached hydrogens (tertiary/aromatic N) is 1. The molecule has 0 fully saturated rings. The number of ether oxygens (including phenoxy) is 1. The van der Waals surface area contributed by atoms with Gasteiger partial charge in [-0.3, -0.25) is 4.79 Å². The molecule has 0 spiro atoms. The number of nitrogens with one attached hydrogen (secondary N) is 1. The minimum Gasteiger partial charge on any atom is -0.497 e. The second-order valence-corrected chi connectivity index (χ2v) is 9.00. The van der Waals surface area contributed by atoms with Crippen molar-refractivity contribution >= 4 is 11.6 Å². The van der Waals surface area contributed by atoms with Gasteiger partial charge >= 0.3 is 0 Å². The molecule has 166 valence electrons. The van der Waals surface area contributed by atoms with Crippen LogP contribution < -0.4 is 10.1 Å². The van der Waals surface area contributed by atoms with Crippen molar-refractivity contribution in [3.05, 3.63) is 102 Å². The normalized spacial score (nSPS) is 11.2. The van der Waals surface area contributed by atoms with Gasteiger partial charge in [0.05, 0.1) is 18.5 Å². The molecule has 4 heteroatoms. The summed E-state index contributed by atoms with van der Waals surface area (Å²) in [4.78, 5) is 17.5. The molecule has 1 aromatic heterocycles. The monoisotopic (exact) mass is 436 g/mol. The Labute approximate surface area is 195 Å². The van der Waals surface area contributed by atoms with Crippen molar-refractivity contribution in [1.82, 2.24) is 4.98 Å². The van der Waals surface area contributed by atoms with Crippen molar-refractivity contribution in [2.75, 3.05) is 12.4 Å². The van der Waals surface area contributed by atoms with Crippen LogP contribution in [0.4, 0.5) is 5.69 Å². The zero-order valence-electron chi connectivity index (χ0n) is 19.4. The first-order chi connectivity index (χ1) is 15.8. The molecule has 1 amide bonds. The van der Waals surface area contributed by atoms with Gasteiger partial charge in [0, 0.05) is 22.4 Å². The highest BCUT2D eigenvalue weighted by Gasteiger charge is 2.14. The van der Waals surface area contributed by atoms with E-state index in [9.17, 15) is 4.79 Å². The highest BCUT2D eigenvalue weighted by molar-refractivity contribution is 6.04. The summed E-state index contributed by atoms with van der Waals surface area (Å²) in [5, 5.41) is 2.97. The number of methoxy groups -OCH3 is 1. The van der Waals surface area contributed by atoms with Crippen LogP contribution in [0.15, 0.2) is 91.0 Å². The van der Waals surface area contributed by atoms with Crippen LogP contribution in [0.1, 0.15) is 36.7 Å². The number of benzene rings is 3. The van der Waals surface area contributed by atoms with E-state index in [-0.39, 0.29) is 11.3 Å². The maximum Gasteiger partial charge on any atom is 0.255 e. The maximum absolute atomic E-state index is 12.7. The number of pyridine rings is 1. The zero-order chi connectivity index (χ0) is 23.4. The van der Waals surface area contributed by atoms with Crippen LogP contribution in [-0.4, -0.2) is 18.0 Å². The van der Waals surface area contributed by atoms with Crippen molar-refractivity contribution in [2.45, 2.75) is 26.2 Å². The van der Waals surface area contributed by atoms with Gasteiger partial charge in [0.15, 0.2) is 0 Å². The molecule has 4 rings (SSSR count). The molecule has 0 aliphatic carbocycles. The summed E-state index contributed by atoms with van der Waals surface area (Å²) >= 11 is 0. The lowest BCUT2D eigenvalue weighted by Crippen LogP contribution is -2.14. The Morgan fingerprint density at radius 1 is 0.788 bits per heavy atom. The van der Waals surface area contributed by atoms with Crippen molar-refractivity contribution in [3.8, 4) is 28.3 Å². The van der Waals surface area contributed by atoms with Crippen molar-refractivity contribution in [1.29, 1.82) is 0 Å². The molecule has 1 heterocycles. The van der Waals surface area contributed by atoms with E-state index in [1.807, 2.05) is 91.0 Å². The fourth-order valence-corrected chi connectivity index (χ4v) is 3.59. The van der Waals surface area contributed by atoms with Crippen LogP contribution in [0.5, 0.6) is 5.75 Å². The van der Waals surface area contributed by atoms with E-state index >= 15 is 0 Å². The zero-order valence-corrected chi connectivity index (χ0v) is 19.4. The molecule has 0 bridgehead atoms. The van der Waals surface area contributed by atoms with Gasteiger partial charge in [0.25, 0.3) is 5.91 Å². The molecule has 4 aromatic rings. The summed E-state index contributed by atoms with van der Waals surface area (Å²) in [5.41, 5.74) is 6.36. The van der Waals surface area contributed by atoms with Gasteiger partial charge in [-0.05, 0) is 59.5 Å². The first-order valence-electron chi connectivity index (χ1n) is 11.0. The molecule has 0 aliphatic rings. The Balaban J connectivity index is 1.49. The highest BCUT2D eigenvalue weighted by atomic mass is 16.5. The van der Waals surface area contributed by atoms with E-state index in [1.54, 1.807) is 7.11 Å². The van der Waals surface area contributed by atoms with Crippen LogP contribution in [0, 0.1) is 0 Å². The molecule has 1 N–H and O–H groups in total. The highest BCUT2D eigenvalue weighted by Crippen LogP contribution is 2.26. The lowest BCUT2D eigenvalue weighted by molar-refractivity contribution is 0.102. The number of hydrogen-bond donors (Lipinski definition) is 1. The second kappa shape index (κ2) is 9.29. The minimum atomic E-state index is -0.124. The van der Waals surface area contributed by atoms with Gasteiger partial charge in [-0.15, -0.1) is 0 Å². The standard InChI is InChI=1S/C29H28N2O2/c1-29(2,3)23-15-11-21(12-16-23)28(32)30-24-17-13-20(14-18-24)26-9-6-10-27(31-26)22-7-5-8-25(19-22)33-4/h5-19H,1-4H3,(H,30,32). The van der Waals surface area contributed by atoms with E-state index in [2.05, 4.69) is 26.1 Å². The minimum absolute atomic E-state index is 0.0583. The van der Waals surface area contributed by atoms with Crippen molar-refractivity contribution < 1.29 is 9.53 Å². The number of rotatable bonds is 5. The molecule has 0 unspecified atom stereocenters. The van der Waals surface area contributed by atoms with Gasteiger partial charge < -0.3 is 10.1 Å². The van der Waals surface area contributed by atoms with Crippen LogP contribution >= 0.6 is 0 Å². The lowest BCUT2D eigenvalue weighted by Gasteiger charge is -2.19. The SMILES string of the molecule is COc1cccc(-c2cccc(-c3ccc(NC(=O)c4ccc(C(C)(C)C)cc4)cc3)n2)c1. The summed E-state index contributed by atoms with van der Waals surface area (Å²) < 4.78 is 5.33. The summed E-state index contributed by atoms with van der Waals surface area (Å²) in [7, 11) is 1.66. The first kappa shape index (κ1) is 22.3. The van der Waals surface area contributed by atoms with Crippen LogP contribution in [-0.2, 0) is 5.41 Å². The largest absolute Gasteiger partial charge is 0.497 e. The summed E-state index contributed by atoms with van der Waals surface area (Å²) in [6.45, 7) is 6.47. The van der Waals surface area contributed by atoms with E-state index in [0.29, 0.717) is 5.56 Å². The third kappa shape index (κ3) is 5.29. The Bertz CT molecular complexity index is 1250. The summed E-state index contributed by atoms with van der Waals surface area (Å²) in [5.74, 6) is 0.675. The molecule has 0 aliphatic heterocycles. The smallest absolute Gasteiger partial charge is 0.255 e. The van der Waals surface area contributed by atoms with E-state index in [0.717, 1.165) is 34.0 Å². The van der Waals surface area contributed by atoms with E-state index in [4.69, 9.17) is 9.72 Å². The van der Waals surface area contributed by atoms with Gasteiger partial charge in [-0.1, -0.05) is 63.2 Å². The Hall–Kier alpha value is -3.92. The number of aromatic nitrogens is 1. The van der Waals surface area contributed by atoms with Gasteiger partial charge in [0.1, 0.15) is 5.75 Å². The molecule has 3 aromatic carbocycles. The van der Waals surface area contributed by atoms with Gasteiger partial charge in [-0.2, -0.15) is 0 Å². The van der Waals surface area contributed by atoms with E-state index in [1.165, 1.54) is 5.56 Å². The van der Waals surface area contributed by atoms with E-state index < -0.39 is 0 Å². The third-order valence-electron chi connectivity index (χ3n) is 5.57. The Morgan fingerprint density at radius 3 is 2.06 bits per heavy atom. The number of hydrogen-bond acceptors (Lipinski definition) is 3. The van der Waals surface area contributed by atoms with Crippen LogP contribution in [0.3, 0.4) is 0 Å². The number of anilines is 1. The topological polar surface area (TPSA) is 51.2 Å². The quantitative estimate of drug-likeness (QED) is 0.367. The summed E-state index contributed by atoms with van der Waals surface area (Å²) in [6, 6.07) is 29.3. The average Bonchev–Trinajstić information content (AvgIpc) is 2.84. The number of carbonyl (C=O) groups is 1. The molecular formula is C29H28N2O2. The molecule has 4 nitrogen and oxygen atoms in total. The fraction of sp³-hybridized carbons (Fsp3) is 0.172. The average molecular weight is 437 g/mol. The first-order valence-corrected chi connectivity index (χ1v) is 11.0. The molecule has 0 saturated carbocycles. The Morgan fingerprint density at radius 2 is 1.42 bits per heavy atom. The predicted octanol–water partition coefficient (Wildman–Crippen LogP) is 6.97. The fourth-order valence-electron chi connectivity index (χ4n) is 3.59. The number of carbonyl (C=O) groups excluding carboxylic acids is 1. The van der Waals surface area contributed by atoms with Crippen LogP contribution in [0.25, 0.3) is 22.5 Å². The third-order valence-corrected chi connectivity index (χ3v) is 5.57. The summed E-state index contributed by atoms with van der Waals surface area (Å²) in [6.07, 6.45) is 0. The van der Waals surface area contributed by atoms with Gasteiger partial charge in [0.2, 0.25) is 0 Å². The molecular weight excluding hydrogens is 408 g/mol. The predicted molar refractivity (Wildman–Crippen MR) is 135 cm³/mol. The Kier molecular flexibility index (Phi) is 6.27. The van der Waals surface area contributed by atoms with Gasteiger partial charge in [-0.25, -0.2) is 4.98 Å². The van der Waals surface area contributed by atoms with Crippen molar-refractivity contribution in [3.63, 3.8) is 0 Å². The number of amides is 1. The van der Waals surface area contributed by atoms with Crippen molar-refractivity contribution in [2.24, 2.45) is 0 Å². The van der Waals surface area contributed by atoms with Crippen LogP contribution in [0.2, 0.25) is 0 Å². The maximum atomic E-state index is 12.7.